The number of benzene rings is 1. The van der Waals surface area contributed by atoms with E-state index >= 15 is 0 Å². The van der Waals surface area contributed by atoms with E-state index in [0.717, 1.165) is 31.5 Å². The molecule has 1 saturated heterocycles. The Morgan fingerprint density at radius 2 is 2.15 bits per heavy atom. The van der Waals surface area contributed by atoms with Gasteiger partial charge in [0.1, 0.15) is 0 Å². The predicted molar refractivity (Wildman–Crippen MR) is 77.6 cm³/mol. The van der Waals surface area contributed by atoms with Gasteiger partial charge in [-0.2, -0.15) is 0 Å². The van der Waals surface area contributed by atoms with Gasteiger partial charge in [0.2, 0.25) is 5.91 Å². The van der Waals surface area contributed by atoms with Crippen LogP contribution in [0.4, 0.5) is 4.39 Å². The van der Waals surface area contributed by atoms with Gasteiger partial charge in [-0.1, -0.05) is 6.07 Å². The third-order valence-corrected chi connectivity index (χ3v) is 3.39. The first-order valence-corrected chi connectivity index (χ1v) is 6.51. The monoisotopic (exact) mass is 302 g/mol. The Hall–Kier alpha value is -1.33. The number of hydrogen-bond donors (Lipinski definition) is 2. The van der Waals surface area contributed by atoms with Gasteiger partial charge < -0.3 is 15.4 Å². The molecule has 0 unspecified atom stereocenters. The van der Waals surface area contributed by atoms with Crippen molar-refractivity contribution < 1.29 is 13.9 Å². The molecule has 0 aliphatic carbocycles. The predicted octanol–water partition coefficient (Wildman–Crippen LogP) is 1.87. The van der Waals surface area contributed by atoms with Crippen LogP contribution >= 0.6 is 12.4 Å². The normalized spacial score (nSPS) is 15.3. The number of ether oxygens (including phenoxy) is 1. The van der Waals surface area contributed by atoms with Gasteiger partial charge in [-0.3, -0.25) is 4.79 Å². The molecular formula is C14H20ClFN2O2. The average Bonchev–Trinajstić information content (AvgIpc) is 2.46. The van der Waals surface area contributed by atoms with E-state index < -0.39 is 5.82 Å². The Morgan fingerprint density at radius 1 is 1.45 bits per heavy atom. The zero-order valence-corrected chi connectivity index (χ0v) is 12.3. The molecule has 0 spiro atoms. The minimum atomic E-state index is -0.406. The molecule has 2 rings (SSSR count). The Morgan fingerprint density at radius 3 is 2.75 bits per heavy atom. The van der Waals surface area contributed by atoms with E-state index in [0.29, 0.717) is 6.54 Å². The SMILES string of the molecule is COc1ccc(CNC(=O)C2CCNCC2)cc1F.Cl. The fraction of sp³-hybridized carbons (Fsp3) is 0.500. The minimum Gasteiger partial charge on any atom is -0.494 e. The zero-order chi connectivity index (χ0) is 13.7. The second-order valence-corrected chi connectivity index (χ2v) is 4.71. The maximum atomic E-state index is 13.5. The first-order valence-electron chi connectivity index (χ1n) is 6.51. The van der Waals surface area contributed by atoms with Crippen molar-refractivity contribution in [3.63, 3.8) is 0 Å². The number of piperidine rings is 1. The fourth-order valence-electron chi connectivity index (χ4n) is 2.24. The van der Waals surface area contributed by atoms with Crippen molar-refractivity contribution in [3.05, 3.63) is 29.6 Å². The van der Waals surface area contributed by atoms with E-state index in [9.17, 15) is 9.18 Å². The van der Waals surface area contributed by atoms with Gasteiger partial charge in [-0.25, -0.2) is 4.39 Å². The molecule has 0 atom stereocenters. The number of nitrogens with one attached hydrogen (secondary N) is 2. The van der Waals surface area contributed by atoms with Gasteiger partial charge in [0, 0.05) is 12.5 Å². The third-order valence-electron chi connectivity index (χ3n) is 3.39. The first-order chi connectivity index (χ1) is 9.20. The number of carbonyl (C=O) groups excluding carboxylic acids is 1. The Kier molecular flexibility index (Phi) is 6.75. The van der Waals surface area contributed by atoms with Crippen LogP contribution in [0.2, 0.25) is 0 Å². The highest BCUT2D eigenvalue weighted by Crippen LogP contribution is 2.18. The Labute approximate surface area is 124 Å². The summed E-state index contributed by atoms with van der Waals surface area (Å²) in [6.07, 6.45) is 1.73. The molecule has 1 aliphatic heterocycles. The van der Waals surface area contributed by atoms with Crippen molar-refractivity contribution >= 4 is 18.3 Å². The minimum absolute atomic E-state index is 0. The molecule has 0 radical (unpaired) electrons. The first kappa shape index (κ1) is 16.7. The summed E-state index contributed by atoms with van der Waals surface area (Å²) in [5.74, 6) is -0.0633. The molecule has 1 amide bonds. The van der Waals surface area contributed by atoms with Crippen LogP contribution in [0.5, 0.6) is 5.75 Å². The summed E-state index contributed by atoms with van der Waals surface area (Å²) in [7, 11) is 1.43. The molecule has 2 N–H and O–H groups in total. The summed E-state index contributed by atoms with van der Waals surface area (Å²) in [4.78, 5) is 11.9. The van der Waals surface area contributed by atoms with E-state index in [1.54, 1.807) is 12.1 Å². The number of amides is 1. The molecule has 0 saturated carbocycles. The molecule has 1 heterocycles. The van der Waals surface area contributed by atoms with Crippen LogP contribution < -0.4 is 15.4 Å². The maximum absolute atomic E-state index is 13.5. The number of hydrogen-bond acceptors (Lipinski definition) is 3. The number of carbonyl (C=O) groups is 1. The summed E-state index contributed by atoms with van der Waals surface area (Å²) in [5.41, 5.74) is 0.737. The van der Waals surface area contributed by atoms with Crippen molar-refractivity contribution in [1.29, 1.82) is 0 Å². The Balaban J connectivity index is 0.00000200. The van der Waals surface area contributed by atoms with E-state index in [1.165, 1.54) is 13.2 Å². The van der Waals surface area contributed by atoms with Gasteiger partial charge in [0.25, 0.3) is 0 Å². The van der Waals surface area contributed by atoms with Gasteiger partial charge in [-0.15, -0.1) is 12.4 Å². The highest BCUT2D eigenvalue weighted by molar-refractivity contribution is 5.85. The molecule has 1 aliphatic rings. The van der Waals surface area contributed by atoms with Gasteiger partial charge >= 0.3 is 0 Å². The van der Waals surface area contributed by atoms with Crippen molar-refractivity contribution in [3.8, 4) is 5.75 Å². The summed E-state index contributed by atoms with van der Waals surface area (Å²) in [6, 6.07) is 4.72. The lowest BCUT2D eigenvalue weighted by molar-refractivity contribution is -0.125. The van der Waals surface area contributed by atoms with E-state index in [1.807, 2.05) is 0 Å². The molecule has 6 heteroatoms. The fourth-order valence-corrected chi connectivity index (χ4v) is 2.24. The second kappa shape index (κ2) is 8.07. The molecule has 1 aromatic rings. The van der Waals surface area contributed by atoms with E-state index in [-0.39, 0.29) is 30.0 Å². The van der Waals surface area contributed by atoms with Crippen LogP contribution in [-0.4, -0.2) is 26.1 Å². The molecule has 4 nitrogen and oxygen atoms in total. The molecule has 1 fully saturated rings. The van der Waals surface area contributed by atoms with Crippen LogP contribution in [-0.2, 0) is 11.3 Å². The van der Waals surface area contributed by atoms with Gasteiger partial charge in [-0.05, 0) is 43.6 Å². The number of methoxy groups -OCH3 is 1. The van der Waals surface area contributed by atoms with Crippen LogP contribution in [0.25, 0.3) is 0 Å². The Bertz CT molecular complexity index is 451. The highest BCUT2D eigenvalue weighted by Gasteiger charge is 2.20. The zero-order valence-electron chi connectivity index (χ0n) is 11.4. The average molecular weight is 303 g/mol. The summed E-state index contributed by atoms with van der Waals surface area (Å²) >= 11 is 0. The lowest BCUT2D eigenvalue weighted by Gasteiger charge is -2.21. The molecule has 0 aromatic heterocycles. The summed E-state index contributed by atoms with van der Waals surface area (Å²) in [6.45, 7) is 2.12. The van der Waals surface area contributed by atoms with Crippen molar-refractivity contribution in [2.24, 2.45) is 5.92 Å². The second-order valence-electron chi connectivity index (χ2n) is 4.71. The van der Waals surface area contributed by atoms with Crippen LogP contribution in [0.15, 0.2) is 18.2 Å². The lowest BCUT2D eigenvalue weighted by Crippen LogP contribution is -2.37. The summed E-state index contributed by atoms with van der Waals surface area (Å²) in [5, 5.41) is 6.08. The van der Waals surface area contributed by atoms with Crippen LogP contribution in [0, 0.1) is 11.7 Å². The van der Waals surface area contributed by atoms with Crippen LogP contribution in [0.3, 0.4) is 0 Å². The molecular weight excluding hydrogens is 283 g/mol. The summed E-state index contributed by atoms with van der Waals surface area (Å²) < 4.78 is 18.3. The third kappa shape index (κ3) is 4.35. The number of halogens is 2. The smallest absolute Gasteiger partial charge is 0.223 e. The molecule has 0 bridgehead atoms. The molecule has 112 valence electrons. The molecule has 1 aromatic carbocycles. The maximum Gasteiger partial charge on any atom is 0.223 e. The van der Waals surface area contributed by atoms with Crippen molar-refractivity contribution in [1.82, 2.24) is 10.6 Å². The van der Waals surface area contributed by atoms with Gasteiger partial charge in [0.05, 0.1) is 7.11 Å². The van der Waals surface area contributed by atoms with E-state index in [4.69, 9.17) is 4.74 Å². The van der Waals surface area contributed by atoms with Crippen molar-refractivity contribution in [2.45, 2.75) is 19.4 Å². The topological polar surface area (TPSA) is 50.4 Å². The quantitative estimate of drug-likeness (QED) is 0.893. The lowest BCUT2D eigenvalue weighted by atomic mass is 9.97. The standard InChI is InChI=1S/C14H19FN2O2.ClH/c1-19-13-3-2-10(8-12(13)15)9-17-14(18)11-4-6-16-7-5-11;/h2-3,8,11,16H,4-7,9H2,1H3,(H,17,18);1H. The molecule has 20 heavy (non-hydrogen) atoms. The van der Waals surface area contributed by atoms with Crippen molar-refractivity contribution in [2.75, 3.05) is 20.2 Å². The van der Waals surface area contributed by atoms with Gasteiger partial charge in [0.15, 0.2) is 11.6 Å². The number of rotatable bonds is 4. The van der Waals surface area contributed by atoms with E-state index in [2.05, 4.69) is 10.6 Å². The largest absolute Gasteiger partial charge is 0.494 e. The highest BCUT2D eigenvalue weighted by atomic mass is 35.5. The van der Waals surface area contributed by atoms with Crippen LogP contribution in [0.1, 0.15) is 18.4 Å².